The number of piperazine rings is 1. The van der Waals surface area contributed by atoms with Gasteiger partial charge in [-0.25, -0.2) is 4.79 Å². The Bertz CT molecular complexity index is 654. The van der Waals surface area contributed by atoms with E-state index in [1.807, 2.05) is 17.0 Å². The van der Waals surface area contributed by atoms with Crippen molar-refractivity contribution in [2.75, 3.05) is 39.8 Å². The molecule has 1 aliphatic heterocycles. The van der Waals surface area contributed by atoms with E-state index in [0.717, 1.165) is 5.56 Å². The second-order valence-corrected chi connectivity index (χ2v) is 8.04. The van der Waals surface area contributed by atoms with Crippen molar-refractivity contribution in [1.82, 2.24) is 20.0 Å². The van der Waals surface area contributed by atoms with Gasteiger partial charge in [0.25, 0.3) is 0 Å². The third-order valence-corrected chi connectivity index (χ3v) is 5.81. The monoisotopic (exact) mass is 392 g/mol. The van der Waals surface area contributed by atoms with Crippen LogP contribution in [0.4, 0.5) is 4.79 Å². The maximum atomic E-state index is 12.5. The number of nitrogens with one attached hydrogen (secondary N) is 1. The zero-order valence-corrected chi connectivity index (χ0v) is 16.9. The lowest BCUT2D eigenvalue weighted by Gasteiger charge is -2.35. The number of likely N-dealkylation sites (N-methyl/N-ethyl adjacent to an activating group) is 1. The average molecular weight is 393 g/mol. The normalized spacial score (nSPS) is 18.5. The molecule has 0 bridgehead atoms. The Morgan fingerprint density at radius 3 is 2.33 bits per heavy atom. The first-order valence-electron chi connectivity index (χ1n) is 9.71. The third-order valence-electron chi connectivity index (χ3n) is 5.55. The molecule has 0 aromatic heterocycles. The topological polar surface area (TPSA) is 55.9 Å². The van der Waals surface area contributed by atoms with Crippen molar-refractivity contribution in [3.05, 3.63) is 34.9 Å². The molecule has 2 fully saturated rings. The van der Waals surface area contributed by atoms with E-state index in [2.05, 4.69) is 24.2 Å². The maximum Gasteiger partial charge on any atom is 0.317 e. The summed E-state index contributed by atoms with van der Waals surface area (Å²) in [5.74, 6) is 0.0945. The van der Waals surface area contributed by atoms with Gasteiger partial charge < -0.3 is 15.1 Å². The summed E-state index contributed by atoms with van der Waals surface area (Å²) >= 11 is 5.88. The van der Waals surface area contributed by atoms with Gasteiger partial charge in [-0.2, -0.15) is 0 Å². The van der Waals surface area contributed by atoms with Crippen molar-refractivity contribution >= 4 is 23.5 Å². The summed E-state index contributed by atoms with van der Waals surface area (Å²) in [4.78, 5) is 30.8. The molecule has 1 saturated heterocycles. The zero-order chi connectivity index (χ0) is 19.4. The fraction of sp³-hybridized carbons (Fsp3) is 0.600. The van der Waals surface area contributed by atoms with Crippen LogP contribution in [0.5, 0.6) is 0 Å². The fourth-order valence-electron chi connectivity index (χ4n) is 3.38. The summed E-state index contributed by atoms with van der Waals surface area (Å²) < 4.78 is 0. The van der Waals surface area contributed by atoms with Crippen LogP contribution in [-0.2, 0) is 11.2 Å². The molecule has 1 unspecified atom stereocenters. The Morgan fingerprint density at radius 2 is 1.74 bits per heavy atom. The number of benzene rings is 1. The molecule has 1 saturated carbocycles. The lowest BCUT2D eigenvalue weighted by Crippen LogP contribution is -2.54. The molecule has 1 N–H and O–H groups in total. The standard InChI is InChI=1S/C20H29ClN4O2/c1-15(23(2)18-7-8-18)14-22-20(27)25-11-9-24(10-12-25)19(26)13-16-3-5-17(21)6-4-16/h3-6,15,18H,7-14H2,1-2H3,(H,22,27). The van der Waals surface area contributed by atoms with Gasteiger partial charge in [-0.15, -0.1) is 0 Å². The quantitative estimate of drug-likeness (QED) is 0.807. The van der Waals surface area contributed by atoms with Crippen molar-refractivity contribution in [1.29, 1.82) is 0 Å². The average Bonchev–Trinajstić information content (AvgIpc) is 3.52. The van der Waals surface area contributed by atoms with E-state index in [9.17, 15) is 9.59 Å². The SMILES string of the molecule is CC(CNC(=O)N1CCN(C(=O)Cc2ccc(Cl)cc2)CC1)N(C)C1CC1. The lowest BCUT2D eigenvalue weighted by atomic mass is 10.1. The number of amides is 3. The second-order valence-electron chi connectivity index (χ2n) is 7.60. The number of nitrogens with zero attached hydrogens (tertiary/aromatic N) is 3. The molecule has 0 radical (unpaired) electrons. The van der Waals surface area contributed by atoms with Crippen LogP contribution >= 0.6 is 11.6 Å². The summed E-state index contributed by atoms with van der Waals surface area (Å²) in [6, 6.07) is 8.35. The number of hydrogen-bond donors (Lipinski definition) is 1. The molecule has 1 atom stereocenters. The molecule has 2 aliphatic rings. The van der Waals surface area contributed by atoms with Crippen molar-refractivity contribution < 1.29 is 9.59 Å². The minimum atomic E-state index is -0.0316. The van der Waals surface area contributed by atoms with Gasteiger partial charge in [-0.3, -0.25) is 9.69 Å². The Balaban J connectivity index is 1.39. The first-order chi connectivity index (χ1) is 12.9. The van der Waals surface area contributed by atoms with Crippen LogP contribution in [0.2, 0.25) is 5.02 Å². The minimum Gasteiger partial charge on any atom is -0.339 e. The van der Waals surface area contributed by atoms with Crippen molar-refractivity contribution in [2.45, 2.75) is 38.3 Å². The van der Waals surface area contributed by atoms with Gasteiger partial charge in [0.1, 0.15) is 0 Å². The molecule has 7 heteroatoms. The van der Waals surface area contributed by atoms with Crippen LogP contribution in [0.3, 0.4) is 0 Å². The predicted octanol–water partition coefficient (Wildman–Crippen LogP) is 2.22. The lowest BCUT2D eigenvalue weighted by molar-refractivity contribution is -0.131. The minimum absolute atomic E-state index is 0.0316. The number of rotatable bonds is 6. The summed E-state index contributed by atoms with van der Waals surface area (Å²) in [6.45, 7) is 5.11. The van der Waals surface area contributed by atoms with Crippen LogP contribution < -0.4 is 5.32 Å². The van der Waals surface area contributed by atoms with Crippen LogP contribution in [0.15, 0.2) is 24.3 Å². The highest BCUT2D eigenvalue weighted by Gasteiger charge is 2.30. The van der Waals surface area contributed by atoms with Gasteiger partial charge >= 0.3 is 6.03 Å². The van der Waals surface area contributed by atoms with Crippen LogP contribution in [0.25, 0.3) is 0 Å². The van der Waals surface area contributed by atoms with Crippen LogP contribution in [0.1, 0.15) is 25.3 Å². The molecule has 1 aromatic rings. The van der Waals surface area contributed by atoms with Gasteiger partial charge in [0, 0.05) is 49.8 Å². The van der Waals surface area contributed by atoms with Gasteiger partial charge in [0.2, 0.25) is 5.91 Å². The summed E-state index contributed by atoms with van der Waals surface area (Å²) in [6.07, 6.45) is 2.90. The van der Waals surface area contributed by atoms with E-state index in [-0.39, 0.29) is 11.9 Å². The summed E-state index contributed by atoms with van der Waals surface area (Å²) in [5.41, 5.74) is 0.957. The van der Waals surface area contributed by atoms with Gasteiger partial charge in [0.15, 0.2) is 0 Å². The van der Waals surface area contributed by atoms with E-state index in [1.54, 1.807) is 17.0 Å². The highest BCUT2D eigenvalue weighted by atomic mass is 35.5. The van der Waals surface area contributed by atoms with Gasteiger partial charge in [-0.05, 0) is 44.5 Å². The first kappa shape index (κ1) is 20.0. The Morgan fingerprint density at radius 1 is 1.15 bits per heavy atom. The van der Waals surface area contributed by atoms with E-state index in [4.69, 9.17) is 11.6 Å². The van der Waals surface area contributed by atoms with Crippen molar-refractivity contribution in [3.63, 3.8) is 0 Å². The number of carbonyl (C=O) groups is 2. The van der Waals surface area contributed by atoms with Crippen molar-refractivity contribution in [2.24, 2.45) is 0 Å². The van der Waals surface area contributed by atoms with Gasteiger partial charge in [0.05, 0.1) is 6.42 Å². The first-order valence-corrected chi connectivity index (χ1v) is 10.1. The molecule has 6 nitrogen and oxygen atoms in total. The molecule has 3 amide bonds. The molecular weight excluding hydrogens is 364 g/mol. The fourth-order valence-corrected chi connectivity index (χ4v) is 3.51. The number of carbonyl (C=O) groups excluding carboxylic acids is 2. The van der Waals surface area contributed by atoms with Crippen LogP contribution in [-0.4, -0.2) is 78.5 Å². The molecule has 1 heterocycles. The highest BCUT2D eigenvalue weighted by molar-refractivity contribution is 6.30. The smallest absolute Gasteiger partial charge is 0.317 e. The molecular formula is C20H29ClN4O2. The maximum absolute atomic E-state index is 12.5. The predicted molar refractivity (Wildman–Crippen MR) is 107 cm³/mol. The van der Waals surface area contributed by atoms with E-state index >= 15 is 0 Å². The molecule has 1 aliphatic carbocycles. The molecule has 148 valence electrons. The van der Waals surface area contributed by atoms with E-state index in [0.29, 0.717) is 56.3 Å². The summed E-state index contributed by atoms with van der Waals surface area (Å²) in [7, 11) is 2.12. The van der Waals surface area contributed by atoms with Gasteiger partial charge in [-0.1, -0.05) is 23.7 Å². The summed E-state index contributed by atoms with van der Waals surface area (Å²) in [5, 5.41) is 3.70. The Labute approximate surface area is 166 Å². The number of urea groups is 1. The molecule has 0 spiro atoms. The largest absolute Gasteiger partial charge is 0.339 e. The van der Waals surface area contributed by atoms with E-state index < -0.39 is 0 Å². The van der Waals surface area contributed by atoms with Crippen LogP contribution in [0, 0.1) is 0 Å². The zero-order valence-electron chi connectivity index (χ0n) is 16.2. The number of halogens is 1. The molecule has 3 rings (SSSR count). The highest BCUT2D eigenvalue weighted by Crippen LogP contribution is 2.26. The molecule has 1 aromatic carbocycles. The molecule has 27 heavy (non-hydrogen) atoms. The number of hydrogen-bond acceptors (Lipinski definition) is 3. The third kappa shape index (κ3) is 5.59. The Hall–Kier alpha value is -1.79. The van der Waals surface area contributed by atoms with E-state index in [1.165, 1.54) is 12.8 Å². The Kier molecular flexibility index (Phi) is 6.60. The van der Waals surface area contributed by atoms with Crippen molar-refractivity contribution in [3.8, 4) is 0 Å². The second kappa shape index (κ2) is 8.93.